The summed E-state index contributed by atoms with van der Waals surface area (Å²) in [5, 5.41) is 0.0120. The molecule has 0 aliphatic heterocycles. The first-order chi connectivity index (χ1) is 7.79. The number of nitrogens with one attached hydrogen (secondary N) is 1. The maximum Gasteiger partial charge on any atom is 0.416 e. The molecule has 0 saturated heterocycles. The summed E-state index contributed by atoms with van der Waals surface area (Å²) >= 11 is 5.80. The van der Waals surface area contributed by atoms with Crippen molar-refractivity contribution in [3.8, 4) is 0 Å². The molecule has 1 heterocycles. The lowest BCUT2D eigenvalue weighted by molar-refractivity contribution is -0.137. The summed E-state index contributed by atoms with van der Waals surface area (Å²) in [5.41, 5.74) is -0.0779. The third-order valence-corrected chi connectivity index (χ3v) is 2.72. The Bertz CT molecular complexity index is 558. The van der Waals surface area contributed by atoms with Gasteiger partial charge in [0.1, 0.15) is 11.3 Å². The van der Waals surface area contributed by atoms with Crippen LogP contribution in [0.1, 0.15) is 31.2 Å². The first kappa shape index (κ1) is 12.2. The van der Waals surface area contributed by atoms with Crippen LogP contribution in [0.4, 0.5) is 13.2 Å². The molecule has 1 N–H and O–H groups in total. The predicted octanol–water partition coefficient (Wildman–Crippen LogP) is 4.36. The summed E-state index contributed by atoms with van der Waals surface area (Å²) < 4.78 is 37.7. The molecule has 0 saturated carbocycles. The average molecular weight is 263 g/mol. The topological polar surface area (TPSA) is 28.7 Å². The Kier molecular flexibility index (Phi) is 2.81. The van der Waals surface area contributed by atoms with Gasteiger partial charge in [0.05, 0.1) is 16.1 Å². The number of halogens is 4. The number of alkyl halides is 3. The van der Waals surface area contributed by atoms with E-state index in [1.807, 2.05) is 13.8 Å². The van der Waals surface area contributed by atoms with Crippen LogP contribution in [0.25, 0.3) is 11.0 Å². The maximum absolute atomic E-state index is 12.6. The van der Waals surface area contributed by atoms with Crippen LogP contribution < -0.4 is 0 Å². The molecule has 0 aliphatic carbocycles. The van der Waals surface area contributed by atoms with Crippen molar-refractivity contribution < 1.29 is 13.2 Å². The number of H-pyrrole nitrogens is 1. The van der Waals surface area contributed by atoms with Crippen LogP contribution in [0.2, 0.25) is 5.02 Å². The summed E-state index contributed by atoms with van der Waals surface area (Å²) in [6, 6.07) is 1.93. The number of rotatable bonds is 1. The third kappa shape index (κ3) is 2.24. The van der Waals surface area contributed by atoms with Crippen LogP contribution in [-0.4, -0.2) is 9.97 Å². The van der Waals surface area contributed by atoms with E-state index < -0.39 is 11.7 Å². The van der Waals surface area contributed by atoms with Crippen molar-refractivity contribution in [2.75, 3.05) is 0 Å². The average Bonchev–Trinajstić information content (AvgIpc) is 2.60. The summed E-state index contributed by atoms with van der Waals surface area (Å²) in [7, 11) is 0. The lowest BCUT2D eigenvalue weighted by Gasteiger charge is -2.06. The van der Waals surface area contributed by atoms with E-state index in [-0.39, 0.29) is 10.9 Å². The smallest absolute Gasteiger partial charge is 0.342 e. The van der Waals surface area contributed by atoms with Crippen LogP contribution in [0.5, 0.6) is 0 Å². The van der Waals surface area contributed by atoms with Crippen LogP contribution in [-0.2, 0) is 6.18 Å². The second kappa shape index (κ2) is 3.91. The molecule has 1 aromatic carbocycles. The maximum atomic E-state index is 12.6. The second-order valence-electron chi connectivity index (χ2n) is 4.13. The van der Waals surface area contributed by atoms with Crippen LogP contribution >= 0.6 is 11.6 Å². The molecular formula is C11H10ClF3N2. The van der Waals surface area contributed by atoms with E-state index in [0.29, 0.717) is 16.9 Å². The minimum atomic E-state index is -4.40. The Hall–Kier alpha value is -1.23. The number of nitrogens with zero attached hydrogens (tertiary/aromatic N) is 1. The van der Waals surface area contributed by atoms with Crippen molar-refractivity contribution in [3.63, 3.8) is 0 Å². The molecule has 0 aliphatic rings. The molecule has 0 amide bonds. The SMILES string of the molecule is CC(C)c1nc2c(Cl)cc(C(F)(F)F)cc2[nH]1. The molecule has 0 unspecified atom stereocenters. The minimum absolute atomic E-state index is 0.0120. The molecular weight excluding hydrogens is 253 g/mol. The van der Waals surface area contributed by atoms with Crippen molar-refractivity contribution in [1.82, 2.24) is 9.97 Å². The zero-order valence-corrected chi connectivity index (χ0v) is 9.95. The van der Waals surface area contributed by atoms with E-state index in [1.165, 1.54) is 0 Å². The Morgan fingerprint density at radius 2 is 1.94 bits per heavy atom. The summed E-state index contributed by atoms with van der Waals surface area (Å²) in [6.45, 7) is 3.80. The van der Waals surface area contributed by atoms with Crippen LogP contribution in [0.3, 0.4) is 0 Å². The highest BCUT2D eigenvalue weighted by Gasteiger charge is 2.31. The van der Waals surface area contributed by atoms with E-state index in [9.17, 15) is 13.2 Å². The van der Waals surface area contributed by atoms with Gasteiger partial charge < -0.3 is 4.98 Å². The van der Waals surface area contributed by atoms with Gasteiger partial charge in [0.2, 0.25) is 0 Å². The zero-order valence-electron chi connectivity index (χ0n) is 9.19. The molecule has 92 valence electrons. The largest absolute Gasteiger partial charge is 0.416 e. The van der Waals surface area contributed by atoms with Crippen molar-refractivity contribution in [3.05, 3.63) is 28.5 Å². The third-order valence-electron chi connectivity index (χ3n) is 2.43. The lowest BCUT2D eigenvalue weighted by atomic mass is 10.2. The standard InChI is InChI=1S/C11H10ClF3N2/c1-5(2)10-16-8-4-6(11(13,14)15)3-7(12)9(8)17-10/h3-5H,1-2H3,(H,16,17). The molecule has 0 radical (unpaired) electrons. The number of aromatic nitrogens is 2. The van der Waals surface area contributed by atoms with Crippen molar-refractivity contribution in [2.24, 2.45) is 0 Å². The van der Waals surface area contributed by atoms with Gasteiger partial charge in [-0.3, -0.25) is 0 Å². The summed E-state index contributed by atoms with van der Waals surface area (Å²) in [5.74, 6) is 0.731. The molecule has 2 aromatic rings. The fourth-order valence-corrected chi connectivity index (χ4v) is 1.79. The normalized spacial score (nSPS) is 12.6. The molecule has 6 heteroatoms. The second-order valence-corrected chi connectivity index (χ2v) is 4.54. The van der Waals surface area contributed by atoms with Gasteiger partial charge in [0, 0.05) is 5.92 Å². The highest BCUT2D eigenvalue weighted by Crippen LogP contribution is 2.34. The number of hydrogen-bond acceptors (Lipinski definition) is 1. The Morgan fingerprint density at radius 1 is 1.29 bits per heavy atom. The number of hydrogen-bond donors (Lipinski definition) is 1. The van der Waals surface area contributed by atoms with Crippen molar-refractivity contribution in [2.45, 2.75) is 25.9 Å². The highest BCUT2D eigenvalue weighted by atomic mass is 35.5. The summed E-state index contributed by atoms with van der Waals surface area (Å²) in [4.78, 5) is 7.03. The molecule has 17 heavy (non-hydrogen) atoms. The first-order valence-corrected chi connectivity index (χ1v) is 5.43. The minimum Gasteiger partial charge on any atom is -0.342 e. The van der Waals surface area contributed by atoms with E-state index in [1.54, 1.807) is 0 Å². The highest BCUT2D eigenvalue weighted by molar-refractivity contribution is 6.35. The number of imidazole rings is 1. The molecule has 1 aromatic heterocycles. The Morgan fingerprint density at radius 3 is 2.47 bits per heavy atom. The van der Waals surface area contributed by atoms with Gasteiger partial charge in [-0.05, 0) is 12.1 Å². The van der Waals surface area contributed by atoms with Gasteiger partial charge in [-0.2, -0.15) is 13.2 Å². The zero-order chi connectivity index (χ0) is 12.8. The lowest BCUT2D eigenvalue weighted by Crippen LogP contribution is -2.04. The Balaban J connectivity index is 2.65. The van der Waals surface area contributed by atoms with Gasteiger partial charge in [-0.15, -0.1) is 0 Å². The first-order valence-electron chi connectivity index (χ1n) is 5.05. The van der Waals surface area contributed by atoms with E-state index in [2.05, 4.69) is 9.97 Å². The summed E-state index contributed by atoms with van der Waals surface area (Å²) in [6.07, 6.45) is -4.40. The number of fused-ring (bicyclic) bond motifs is 1. The van der Waals surface area contributed by atoms with Gasteiger partial charge in [0.25, 0.3) is 0 Å². The predicted molar refractivity (Wildman–Crippen MR) is 60.2 cm³/mol. The molecule has 0 atom stereocenters. The monoisotopic (exact) mass is 262 g/mol. The molecule has 2 nitrogen and oxygen atoms in total. The number of aromatic amines is 1. The van der Waals surface area contributed by atoms with Gasteiger partial charge in [0.15, 0.2) is 0 Å². The van der Waals surface area contributed by atoms with Gasteiger partial charge in [-0.25, -0.2) is 4.98 Å². The fraction of sp³-hybridized carbons (Fsp3) is 0.364. The van der Waals surface area contributed by atoms with Crippen LogP contribution in [0.15, 0.2) is 12.1 Å². The van der Waals surface area contributed by atoms with E-state index in [0.717, 1.165) is 12.1 Å². The molecule has 0 spiro atoms. The van der Waals surface area contributed by atoms with Crippen molar-refractivity contribution >= 4 is 22.6 Å². The number of benzene rings is 1. The van der Waals surface area contributed by atoms with Gasteiger partial charge in [-0.1, -0.05) is 25.4 Å². The molecule has 0 fully saturated rings. The van der Waals surface area contributed by atoms with Crippen molar-refractivity contribution in [1.29, 1.82) is 0 Å². The van der Waals surface area contributed by atoms with E-state index in [4.69, 9.17) is 11.6 Å². The molecule has 0 bridgehead atoms. The van der Waals surface area contributed by atoms with Gasteiger partial charge >= 0.3 is 6.18 Å². The Labute approximate surface area is 101 Å². The molecule has 2 rings (SSSR count). The quantitative estimate of drug-likeness (QED) is 0.813. The van der Waals surface area contributed by atoms with E-state index >= 15 is 0 Å². The van der Waals surface area contributed by atoms with Crippen LogP contribution in [0, 0.1) is 0 Å². The fourth-order valence-electron chi connectivity index (χ4n) is 1.53.